The summed E-state index contributed by atoms with van der Waals surface area (Å²) in [4.78, 5) is 53.3. The van der Waals surface area contributed by atoms with Crippen molar-refractivity contribution >= 4 is 39.3 Å². The molecule has 3 fully saturated rings. The Labute approximate surface area is 173 Å². The number of methoxy groups -OCH3 is 1. The van der Waals surface area contributed by atoms with Crippen molar-refractivity contribution in [1.29, 1.82) is 0 Å². The molecule has 2 saturated heterocycles. The number of hydrogen-bond acceptors (Lipinski definition) is 7. The maximum atomic E-state index is 12.9. The van der Waals surface area contributed by atoms with E-state index in [1.807, 2.05) is 0 Å². The number of rotatable bonds is 6. The van der Waals surface area contributed by atoms with Crippen LogP contribution in [0.4, 0.5) is 10.5 Å². The first-order valence-electron chi connectivity index (χ1n) is 9.57. The van der Waals surface area contributed by atoms with Gasteiger partial charge in [-0.2, -0.15) is 0 Å². The Bertz CT molecular complexity index is 1020. The molecule has 0 radical (unpaired) electrons. The molecule has 0 bridgehead atoms. The van der Waals surface area contributed by atoms with Crippen LogP contribution in [0, 0.1) is 0 Å². The summed E-state index contributed by atoms with van der Waals surface area (Å²) in [5.41, 5.74) is 0.190. The average Bonchev–Trinajstić information content (AvgIpc) is 3.44. The van der Waals surface area contributed by atoms with Crippen LogP contribution in [0.5, 0.6) is 5.75 Å². The van der Waals surface area contributed by atoms with Gasteiger partial charge in [0.15, 0.2) is 9.84 Å². The van der Waals surface area contributed by atoms with Gasteiger partial charge in [-0.15, -0.1) is 0 Å². The third-order valence-electron chi connectivity index (χ3n) is 5.51. The summed E-state index contributed by atoms with van der Waals surface area (Å²) in [6.45, 7) is -0.594. The van der Waals surface area contributed by atoms with Gasteiger partial charge in [0.25, 0.3) is 0 Å². The standard InChI is InChI=1S/C19H21N3O7S/c1-29-15-6-4-13(5-7-15)22-18(25)17(24)20(19(22)26)10-16(23)21(12-2-3-12)14-8-9-30(27,28)11-14/h4-7,12,14H,2-3,8-11H2,1H3/t14-/m1/s1. The van der Waals surface area contributed by atoms with E-state index in [1.54, 1.807) is 12.1 Å². The molecule has 0 spiro atoms. The molecule has 3 aliphatic rings. The number of amides is 5. The molecule has 0 aromatic heterocycles. The first kappa shape index (κ1) is 20.3. The molecule has 2 aliphatic heterocycles. The fourth-order valence-electron chi connectivity index (χ4n) is 3.87. The van der Waals surface area contributed by atoms with E-state index in [0.717, 1.165) is 17.7 Å². The van der Waals surface area contributed by atoms with Crippen molar-refractivity contribution in [1.82, 2.24) is 9.80 Å². The summed E-state index contributed by atoms with van der Waals surface area (Å²) in [7, 11) is -1.73. The highest BCUT2D eigenvalue weighted by molar-refractivity contribution is 7.91. The van der Waals surface area contributed by atoms with Crippen molar-refractivity contribution < 1.29 is 32.3 Å². The minimum Gasteiger partial charge on any atom is -0.497 e. The highest BCUT2D eigenvalue weighted by atomic mass is 32.2. The van der Waals surface area contributed by atoms with Crippen LogP contribution in [0.1, 0.15) is 19.3 Å². The van der Waals surface area contributed by atoms with Crippen molar-refractivity contribution in [2.45, 2.75) is 31.3 Å². The fourth-order valence-corrected chi connectivity index (χ4v) is 5.59. The van der Waals surface area contributed by atoms with Crippen LogP contribution >= 0.6 is 0 Å². The van der Waals surface area contributed by atoms with E-state index < -0.39 is 46.2 Å². The number of ether oxygens (including phenoxy) is 1. The average molecular weight is 435 g/mol. The molecule has 0 unspecified atom stereocenters. The Morgan fingerprint density at radius 2 is 1.73 bits per heavy atom. The highest BCUT2D eigenvalue weighted by Gasteiger charge is 2.48. The molecular formula is C19H21N3O7S. The van der Waals surface area contributed by atoms with Crippen LogP contribution < -0.4 is 9.64 Å². The maximum absolute atomic E-state index is 12.9. The first-order chi connectivity index (χ1) is 14.2. The molecule has 30 heavy (non-hydrogen) atoms. The van der Waals surface area contributed by atoms with Crippen molar-refractivity contribution in [2.75, 3.05) is 30.1 Å². The Hall–Kier alpha value is -2.95. The predicted octanol–water partition coefficient (Wildman–Crippen LogP) is 0.169. The van der Waals surface area contributed by atoms with E-state index in [2.05, 4.69) is 0 Å². The van der Waals surface area contributed by atoms with Crippen molar-refractivity contribution in [2.24, 2.45) is 0 Å². The number of nitrogens with zero attached hydrogens (tertiary/aromatic N) is 3. The van der Waals surface area contributed by atoms with Crippen LogP contribution in [0.25, 0.3) is 0 Å². The number of sulfone groups is 1. The molecule has 1 atom stereocenters. The largest absolute Gasteiger partial charge is 0.497 e. The molecule has 5 amide bonds. The van der Waals surface area contributed by atoms with E-state index in [1.165, 1.54) is 24.1 Å². The zero-order valence-electron chi connectivity index (χ0n) is 16.3. The molecule has 10 nitrogen and oxygen atoms in total. The minimum atomic E-state index is -3.20. The second kappa shape index (κ2) is 7.38. The predicted molar refractivity (Wildman–Crippen MR) is 105 cm³/mol. The van der Waals surface area contributed by atoms with E-state index >= 15 is 0 Å². The summed E-state index contributed by atoms with van der Waals surface area (Å²) in [6.07, 6.45) is 1.84. The van der Waals surface area contributed by atoms with Gasteiger partial charge in [0.1, 0.15) is 12.3 Å². The summed E-state index contributed by atoms with van der Waals surface area (Å²) in [6, 6.07) is 4.57. The smallest absolute Gasteiger partial charge is 0.339 e. The van der Waals surface area contributed by atoms with Gasteiger partial charge < -0.3 is 9.64 Å². The summed E-state index contributed by atoms with van der Waals surface area (Å²) < 4.78 is 28.7. The molecule has 1 saturated carbocycles. The monoisotopic (exact) mass is 435 g/mol. The fraction of sp³-hybridized carbons (Fsp3) is 0.474. The molecule has 1 aliphatic carbocycles. The molecule has 1 aromatic rings. The Kier molecular flexibility index (Phi) is 5.00. The van der Waals surface area contributed by atoms with Crippen LogP contribution in [0.15, 0.2) is 24.3 Å². The third kappa shape index (κ3) is 3.64. The number of carbonyl (C=O) groups is 4. The number of anilines is 1. The van der Waals surface area contributed by atoms with Gasteiger partial charge in [0.2, 0.25) is 5.91 Å². The Morgan fingerprint density at radius 3 is 2.27 bits per heavy atom. The number of benzene rings is 1. The lowest BCUT2D eigenvalue weighted by Crippen LogP contribution is -2.49. The summed E-state index contributed by atoms with van der Waals surface area (Å²) in [5, 5.41) is 0. The Balaban J connectivity index is 1.52. The summed E-state index contributed by atoms with van der Waals surface area (Å²) in [5.74, 6) is -2.24. The van der Waals surface area contributed by atoms with Gasteiger partial charge in [-0.1, -0.05) is 0 Å². The minimum absolute atomic E-state index is 0.0134. The van der Waals surface area contributed by atoms with Gasteiger partial charge in [0, 0.05) is 12.1 Å². The Morgan fingerprint density at radius 1 is 1.07 bits per heavy atom. The van der Waals surface area contributed by atoms with Crippen LogP contribution in [-0.4, -0.2) is 79.2 Å². The molecule has 160 valence electrons. The van der Waals surface area contributed by atoms with Gasteiger partial charge in [-0.25, -0.2) is 23.0 Å². The van der Waals surface area contributed by atoms with Gasteiger partial charge in [-0.3, -0.25) is 14.4 Å². The molecule has 4 rings (SSSR count). The number of urea groups is 1. The number of hydrogen-bond donors (Lipinski definition) is 0. The lowest BCUT2D eigenvalue weighted by Gasteiger charge is -2.29. The van der Waals surface area contributed by atoms with Gasteiger partial charge >= 0.3 is 17.8 Å². The van der Waals surface area contributed by atoms with Crippen molar-refractivity contribution in [3.63, 3.8) is 0 Å². The van der Waals surface area contributed by atoms with Crippen molar-refractivity contribution in [3.8, 4) is 5.75 Å². The van der Waals surface area contributed by atoms with Crippen molar-refractivity contribution in [3.05, 3.63) is 24.3 Å². The maximum Gasteiger partial charge on any atom is 0.339 e. The van der Waals surface area contributed by atoms with E-state index in [0.29, 0.717) is 17.1 Å². The van der Waals surface area contributed by atoms with Crippen LogP contribution in [0.3, 0.4) is 0 Å². The van der Waals surface area contributed by atoms with Gasteiger partial charge in [0.05, 0.1) is 24.3 Å². The highest BCUT2D eigenvalue weighted by Crippen LogP contribution is 2.33. The van der Waals surface area contributed by atoms with E-state index in [4.69, 9.17) is 4.74 Å². The molecule has 1 aromatic carbocycles. The SMILES string of the molecule is COc1ccc(N2C(=O)C(=O)N(CC(=O)N(C3CC3)[C@@H]3CCS(=O)(=O)C3)C2=O)cc1. The second-order valence-corrected chi connectivity index (χ2v) is 9.83. The van der Waals surface area contributed by atoms with Gasteiger partial charge in [-0.05, 0) is 43.5 Å². The topological polar surface area (TPSA) is 121 Å². The molecule has 11 heteroatoms. The third-order valence-corrected chi connectivity index (χ3v) is 7.26. The number of imide groups is 2. The molecule has 0 N–H and O–H groups in total. The van der Waals surface area contributed by atoms with Crippen LogP contribution in [0.2, 0.25) is 0 Å². The van der Waals surface area contributed by atoms with E-state index in [9.17, 15) is 27.6 Å². The normalized spacial score (nSPS) is 23.2. The van der Waals surface area contributed by atoms with E-state index in [-0.39, 0.29) is 23.2 Å². The quantitative estimate of drug-likeness (QED) is 0.461. The molecular weight excluding hydrogens is 414 g/mol. The molecule has 2 heterocycles. The lowest BCUT2D eigenvalue weighted by molar-refractivity contribution is -0.143. The van der Waals surface area contributed by atoms with Crippen LogP contribution in [-0.2, 0) is 24.2 Å². The zero-order valence-corrected chi connectivity index (χ0v) is 17.1. The second-order valence-electron chi connectivity index (χ2n) is 7.60. The lowest BCUT2D eigenvalue weighted by atomic mass is 10.2. The summed E-state index contributed by atoms with van der Waals surface area (Å²) >= 11 is 0. The first-order valence-corrected chi connectivity index (χ1v) is 11.4. The number of carbonyl (C=O) groups excluding carboxylic acids is 4. The zero-order chi connectivity index (χ0) is 21.6.